The Morgan fingerprint density at radius 1 is 1.29 bits per heavy atom. The van der Waals surface area contributed by atoms with Gasteiger partial charge >= 0.3 is 0 Å². The molecule has 1 aromatic heterocycles. The van der Waals surface area contributed by atoms with Gasteiger partial charge in [0.25, 0.3) is 11.8 Å². The van der Waals surface area contributed by atoms with E-state index in [4.69, 9.17) is 16.2 Å². The van der Waals surface area contributed by atoms with Crippen molar-refractivity contribution in [3.8, 4) is 11.5 Å². The van der Waals surface area contributed by atoms with E-state index < -0.39 is 23.8 Å². The van der Waals surface area contributed by atoms with Gasteiger partial charge in [0.15, 0.2) is 17.2 Å². The minimum atomic E-state index is -1.14. The third kappa shape index (κ3) is 6.35. The second-order valence-electron chi connectivity index (χ2n) is 8.02. The van der Waals surface area contributed by atoms with Crippen LogP contribution in [-0.2, 0) is 4.79 Å². The van der Waals surface area contributed by atoms with Crippen molar-refractivity contribution in [3.63, 3.8) is 0 Å². The summed E-state index contributed by atoms with van der Waals surface area (Å²) in [7, 11) is 1.37. The Balaban J connectivity index is 2.55. The van der Waals surface area contributed by atoms with E-state index in [0.717, 1.165) is 6.42 Å². The van der Waals surface area contributed by atoms with Crippen LogP contribution in [0.25, 0.3) is 0 Å². The van der Waals surface area contributed by atoms with Gasteiger partial charge in [0, 0.05) is 19.7 Å². The number of nitrogen functional groups attached to an aromatic ring is 1. The molecule has 0 fully saturated rings. The average molecular weight is 494 g/mol. The van der Waals surface area contributed by atoms with Crippen molar-refractivity contribution in [1.29, 1.82) is 0 Å². The summed E-state index contributed by atoms with van der Waals surface area (Å²) in [5.41, 5.74) is 11.2. The molecule has 0 aliphatic heterocycles. The Morgan fingerprint density at radius 3 is 2.56 bits per heavy atom. The van der Waals surface area contributed by atoms with Crippen LogP contribution >= 0.6 is 11.5 Å². The Hall–Kier alpha value is -3.38. The Morgan fingerprint density at radius 2 is 2.00 bits per heavy atom. The number of primary amides is 1. The number of aromatic nitrogens is 1. The van der Waals surface area contributed by atoms with Gasteiger partial charge in [0.05, 0.1) is 12.8 Å². The van der Waals surface area contributed by atoms with Crippen molar-refractivity contribution in [2.75, 3.05) is 32.5 Å². The van der Waals surface area contributed by atoms with E-state index in [1.54, 1.807) is 0 Å². The number of carbonyl (C=O) groups excluding carboxylic acids is 3. The van der Waals surface area contributed by atoms with E-state index in [-0.39, 0.29) is 47.3 Å². The van der Waals surface area contributed by atoms with Gasteiger partial charge in [-0.3, -0.25) is 14.4 Å². The van der Waals surface area contributed by atoms with Crippen LogP contribution < -0.4 is 21.5 Å². The zero-order valence-electron chi connectivity index (χ0n) is 19.4. The molecule has 1 unspecified atom stereocenters. The molecule has 186 valence electrons. The van der Waals surface area contributed by atoms with Crippen LogP contribution in [0.1, 0.15) is 58.5 Å². The number of methoxy groups -OCH3 is 1. The van der Waals surface area contributed by atoms with Gasteiger partial charge in [-0.15, -0.1) is 0 Å². The highest BCUT2D eigenvalue weighted by molar-refractivity contribution is 7.09. The largest absolute Gasteiger partial charge is 0.504 e. The SMILES string of the molecule is COc1cc(C(C(=O)NCCC(C)C)N(CCCO)C(=O)c2snc(C(N)=O)c2N)ccc1O. The van der Waals surface area contributed by atoms with E-state index in [1.807, 2.05) is 13.8 Å². The van der Waals surface area contributed by atoms with Crippen molar-refractivity contribution in [2.45, 2.75) is 32.7 Å². The van der Waals surface area contributed by atoms with Gasteiger partial charge in [0.2, 0.25) is 5.91 Å². The maximum Gasteiger partial charge on any atom is 0.270 e. The van der Waals surface area contributed by atoms with Crippen molar-refractivity contribution in [1.82, 2.24) is 14.6 Å². The fraction of sp³-hybridized carbons (Fsp3) is 0.455. The lowest BCUT2D eigenvalue weighted by Crippen LogP contribution is -2.44. The molecular formula is C22H31N5O6S. The monoisotopic (exact) mass is 493 g/mol. The molecule has 0 saturated heterocycles. The summed E-state index contributed by atoms with van der Waals surface area (Å²) in [6, 6.07) is 3.20. The lowest BCUT2D eigenvalue weighted by atomic mass is 10.0. The second kappa shape index (κ2) is 12.2. The topological polar surface area (TPSA) is 181 Å². The van der Waals surface area contributed by atoms with Crippen LogP contribution in [0.15, 0.2) is 18.2 Å². The lowest BCUT2D eigenvalue weighted by molar-refractivity contribution is -0.126. The van der Waals surface area contributed by atoms with Gasteiger partial charge in [0.1, 0.15) is 10.9 Å². The molecule has 3 amide bonds. The maximum absolute atomic E-state index is 13.6. The number of aromatic hydroxyl groups is 1. The number of carbonyl (C=O) groups is 3. The van der Waals surface area contributed by atoms with E-state index in [2.05, 4.69) is 9.69 Å². The van der Waals surface area contributed by atoms with Crippen LogP contribution in [0.5, 0.6) is 11.5 Å². The maximum atomic E-state index is 13.6. The van der Waals surface area contributed by atoms with E-state index in [1.165, 1.54) is 30.2 Å². The number of nitrogens with zero attached hydrogens (tertiary/aromatic N) is 2. The number of nitrogens with two attached hydrogens (primary N) is 2. The fourth-order valence-electron chi connectivity index (χ4n) is 3.27. The highest BCUT2D eigenvalue weighted by Gasteiger charge is 2.35. The molecule has 0 aliphatic rings. The van der Waals surface area contributed by atoms with Crippen LogP contribution in [-0.4, -0.2) is 64.0 Å². The number of aliphatic hydroxyl groups excluding tert-OH is 1. The molecule has 7 N–H and O–H groups in total. The van der Waals surface area contributed by atoms with Crippen molar-refractivity contribution in [2.24, 2.45) is 11.7 Å². The number of aliphatic hydroxyl groups is 1. The smallest absolute Gasteiger partial charge is 0.270 e. The molecular weight excluding hydrogens is 462 g/mol. The third-order valence-corrected chi connectivity index (χ3v) is 5.93. The molecule has 0 bridgehead atoms. The van der Waals surface area contributed by atoms with Crippen molar-refractivity contribution < 1.29 is 29.3 Å². The number of hydrogen-bond donors (Lipinski definition) is 5. The van der Waals surface area contributed by atoms with Crippen LogP contribution in [0.4, 0.5) is 5.69 Å². The molecule has 0 aliphatic carbocycles. The normalized spacial score (nSPS) is 11.8. The Bertz CT molecular complexity index is 1030. The first-order chi connectivity index (χ1) is 16.1. The number of amides is 3. The molecule has 11 nitrogen and oxygen atoms in total. The van der Waals surface area contributed by atoms with E-state index in [0.29, 0.717) is 29.6 Å². The number of rotatable bonds is 12. The number of ether oxygens (including phenoxy) is 1. The average Bonchev–Trinajstić information content (AvgIpc) is 3.18. The van der Waals surface area contributed by atoms with E-state index in [9.17, 15) is 24.6 Å². The molecule has 34 heavy (non-hydrogen) atoms. The zero-order chi connectivity index (χ0) is 25.4. The van der Waals surface area contributed by atoms with Crippen molar-refractivity contribution in [3.05, 3.63) is 34.3 Å². The van der Waals surface area contributed by atoms with Gasteiger partial charge in [-0.05, 0) is 48.0 Å². The number of benzene rings is 1. The van der Waals surface area contributed by atoms with Gasteiger partial charge in [-0.1, -0.05) is 19.9 Å². The highest BCUT2D eigenvalue weighted by Crippen LogP contribution is 2.33. The third-order valence-electron chi connectivity index (χ3n) is 5.07. The minimum absolute atomic E-state index is 0.00401. The quantitative estimate of drug-likeness (QED) is 0.293. The Labute approximate surface area is 201 Å². The molecule has 1 atom stereocenters. The highest BCUT2D eigenvalue weighted by atomic mass is 32.1. The fourth-order valence-corrected chi connectivity index (χ4v) is 4.03. The predicted octanol–water partition coefficient (Wildman–Crippen LogP) is 1.27. The van der Waals surface area contributed by atoms with E-state index >= 15 is 0 Å². The predicted molar refractivity (Wildman–Crippen MR) is 128 cm³/mol. The molecule has 1 heterocycles. The summed E-state index contributed by atoms with van der Waals surface area (Å²) in [6.45, 7) is 4.21. The molecule has 0 spiro atoms. The zero-order valence-corrected chi connectivity index (χ0v) is 20.2. The van der Waals surface area contributed by atoms with Gasteiger partial charge < -0.3 is 36.6 Å². The second-order valence-corrected chi connectivity index (χ2v) is 8.79. The van der Waals surface area contributed by atoms with Crippen LogP contribution in [0.2, 0.25) is 0 Å². The number of nitrogens with one attached hydrogen (secondary N) is 1. The Kier molecular flexibility index (Phi) is 9.63. The van der Waals surface area contributed by atoms with Crippen molar-refractivity contribution >= 4 is 34.9 Å². The first kappa shape index (κ1) is 26.9. The first-order valence-corrected chi connectivity index (χ1v) is 11.5. The first-order valence-electron chi connectivity index (χ1n) is 10.7. The summed E-state index contributed by atoms with van der Waals surface area (Å²) < 4.78 is 9.05. The summed E-state index contributed by atoms with van der Waals surface area (Å²) >= 11 is 0.705. The number of anilines is 1. The van der Waals surface area contributed by atoms with Crippen LogP contribution in [0.3, 0.4) is 0 Å². The number of phenols is 1. The van der Waals surface area contributed by atoms with Crippen LogP contribution in [0, 0.1) is 5.92 Å². The van der Waals surface area contributed by atoms with Gasteiger partial charge in [-0.2, -0.15) is 4.37 Å². The minimum Gasteiger partial charge on any atom is -0.504 e. The molecule has 2 aromatic rings. The summed E-state index contributed by atoms with van der Waals surface area (Å²) in [5, 5.41) is 22.3. The van der Waals surface area contributed by atoms with Gasteiger partial charge in [-0.25, -0.2) is 0 Å². The lowest BCUT2D eigenvalue weighted by Gasteiger charge is -2.31. The molecule has 0 saturated carbocycles. The number of phenolic OH excluding ortho intramolecular Hbond substituents is 1. The summed E-state index contributed by atoms with van der Waals surface area (Å²) in [6.07, 6.45) is 0.907. The molecule has 1 aromatic carbocycles. The summed E-state index contributed by atoms with van der Waals surface area (Å²) in [4.78, 5) is 39.7. The summed E-state index contributed by atoms with van der Waals surface area (Å²) in [5.74, 6) is -1.63. The standard InChI is InChI=1S/C22H31N5O6S/c1-12(2)7-8-25-21(31)18(13-5-6-14(29)15(11-13)33-3)27(9-4-10-28)22(32)19-16(23)17(20(24)30)26-34-19/h5-6,11-12,18,28-29H,4,7-10,23H2,1-3H3,(H2,24,30)(H,25,31). The molecule has 2 rings (SSSR count). The molecule has 0 radical (unpaired) electrons. The number of hydrogen-bond acceptors (Lipinski definition) is 9. The molecule has 12 heteroatoms.